The van der Waals surface area contributed by atoms with Gasteiger partial charge in [0, 0.05) is 30.9 Å². The summed E-state index contributed by atoms with van der Waals surface area (Å²) in [7, 11) is 0. The third-order valence-electron chi connectivity index (χ3n) is 2.38. The van der Waals surface area contributed by atoms with Crippen molar-refractivity contribution in [3.8, 4) is 0 Å². The molecule has 0 aliphatic heterocycles. The lowest BCUT2D eigenvalue weighted by Crippen LogP contribution is -2.34. The predicted molar refractivity (Wildman–Crippen MR) is 66.2 cm³/mol. The van der Waals surface area contributed by atoms with E-state index in [4.69, 9.17) is 5.73 Å². The van der Waals surface area contributed by atoms with Crippen molar-refractivity contribution in [2.75, 3.05) is 13.1 Å². The van der Waals surface area contributed by atoms with Gasteiger partial charge in [0.2, 0.25) is 0 Å². The summed E-state index contributed by atoms with van der Waals surface area (Å²) in [4.78, 5) is 4.23. The number of hydrogen-bond donors (Lipinski definition) is 2. The Kier molecular flexibility index (Phi) is 6.55. The first kappa shape index (κ1) is 12.6. The Balaban J connectivity index is 1.97. The van der Waals surface area contributed by atoms with Crippen LogP contribution in [0, 0.1) is 0 Å². The van der Waals surface area contributed by atoms with Crippen LogP contribution in [0.4, 0.5) is 0 Å². The molecule has 3 nitrogen and oxygen atoms in total. The molecule has 0 fully saturated rings. The van der Waals surface area contributed by atoms with Crippen molar-refractivity contribution in [1.82, 2.24) is 10.3 Å². The van der Waals surface area contributed by atoms with Crippen molar-refractivity contribution in [2.24, 2.45) is 5.73 Å². The first-order chi connectivity index (χ1) is 7.33. The maximum atomic E-state index is 5.94. The van der Waals surface area contributed by atoms with E-state index in [-0.39, 0.29) is 0 Å². The molecule has 0 aliphatic rings. The summed E-state index contributed by atoms with van der Waals surface area (Å²) in [5.74, 6) is 0. The molecule has 0 aromatic carbocycles. The van der Waals surface area contributed by atoms with Gasteiger partial charge in [-0.25, -0.2) is 4.98 Å². The largest absolute Gasteiger partial charge is 0.327 e. The van der Waals surface area contributed by atoms with Crippen LogP contribution in [-0.2, 0) is 6.42 Å². The number of aromatic nitrogens is 1. The summed E-state index contributed by atoms with van der Waals surface area (Å²) in [6.45, 7) is 4.09. The van der Waals surface area contributed by atoms with Crippen LogP contribution in [0.25, 0.3) is 0 Å². The van der Waals surface area contributed by atoms with Gasteiger partial charge in [-0.15, -0.1) is 11.3 Å². The fraction of sp³-hybridized carbons (Fsp3) is 0.727. The molecule has 0 bridgehead atoms. The first-order valence-corrected chi connectivity index (χ1v) is 6.60. The molecule has 0 radical (unpaired) electrons. The number of nitrogens with two attached hydrogens (primary N) is 1. The summed E-state index contributed by atoms with van der Waals surface area (Å²) in [5, 5.41) is 5.47. The lowest BCUT2D eigenvalue weighted by molar-refractivity contribution is 0.525. The Morgan fingerprint density at radius 2 is 2.47 bits per heavy atom. The molecule has 86 valence electrons. The molecular formula is C11H21N3S. The van der Waals surface area contributed by atoms with Gasteiger partial charge in [-0.05, 0) is 6.42 Å². The zero-order valence-electron chi connectivity index (χ0n) is 9.41. The SMILES string of the molecule is CCCCC(N)CNCCc1cscn1. The zero-order valence-corrected chi connectivity index (χ0v) is 10.2. The molecule has 1 aromatic heterocycles. The van der Waals surface area contributed by atoms with Crippen molar-refractivity contribution >= 4 is 11.3 Å². The number of nitrogens with one attached hydrogen (secondary N) is 1. The molecule has 15 heavy (non-hydrogen) atoms. The molecule has 0 amide bonds. The van der Waals surface area contributed by atoms with E-state index in [0.717, 1.165) is 25.9 Å². The Bertz CT molecular complexity index is 236. The Hall–Kier alpha value is -0.450. The van der Waals surface area contributed by atoms with Crippen LogP contribution in [0.15, 0.2) is 10.9 Å². The van der Waals surface area contributed by atoms with Crippen molar-refractivity contribution in [1.29, 1.82) is 0 Å². The van der Waals surface area contributed by atoms with Gasteiger partial charge in [0.25, 0.3) is 0 Å². The van der Waals surface area contributed by atoms with Crippen molar-refractivity contribution < 1.29 is 0 Å². The average molecular weight is 227 g/mol. The van der Waals surface area contributed by atoms with Gasteiger partial charge in [-0.1, -0.05) is 19.8 Å². The first-order valence-electron chi connectivity index (χ1n) is 5.66. The van der Waals surface area contributed by atoms with Gasteiger partial charge >= 0.3 is 0 Å². The average Bonchev–Trinajstić information content (AvgIpc) is 2.74. The highest BCUT2D eigenvalue weighted by atomic mass is 32.1. The van der Waals surface area contributed by atoms with Gasteiger partial charge in [0.1, 0.15) is 0 Å². The third kappa shape index (κ3) is 5.87. The van der Waals surface area contributed by atoms with Gasteiger partial charge in [-0.3, -0.25) is 0 Å². The van der Waals surface area contributed by atoms with Crippen molar-refractivity contribution in [3.05, 3.63) is 16.6 Å². The number of hydrogen-bond acceptors (Lipinski definition) is 4. The standard InChI is InChI=1S/C11H21N3S/c1-2-3-4-10(12)7-13-6-5-11-8-15-9-14-11/h8-10,13H,2-7,12H2,1H3. The molecule has 0 spiro atoms. The van der Waals surface area contributed by atoms with E-state index >= 15 is 0 Å². The fourth-order valence-electron chi connectivity index (χ4n) is 1.43. The van der Waals surface area contributed by atoms with E-state index in [0.29, 0.717) is 6.04 Å². The number of thiazole rings is 1. The fourth-order valence-corrected chi connectivity index (χ4v) is 2.03. The molecule has 1 rings (SSSR count). The van der Waals surface area contributed by atoms with E-state index in [1.165, 1.54) is 18.5 Å². The smallest absolute Gasteiger partial charge is 0.0794 e. The summed E-state index contributed by atoms with van der Waals surface area (Å²) >= 11 is 1.65. The molecule has 3 N–H and O–H groups in total. The lowest BCUT2D eigenvalue weighted by atomic mass is 10.1. The summed E-state index contributed by atoms with van der Waals surface area (Å²) in [5.41, 5.74) is 9.00. The normalized spacial score (nSPS) is 12.9. The molecule has 0 saturated carbocycles. The second-order valence-electron chi connectivity index (χ2n) is 3.84. The van der Waals surface area contributed by atoms with E-state index in [9.17, 15) is 0 Å². The van der Waals surface area contributed by atoms with Crippen LogP contribution >= 0.6 is 11.3 Å². The number of nitrogens with zero attached hydrogens (tertiary/aromatic N) is 1. The third-order valence-corrected chi connectivity index (χ3v) is 3.01. The van der Waals surface area contributed by atoms with Crippen LogP contribution in [0.2, 0.25) is 0 Å². The van der Waals surface area contributed by atoms with E-state index in [1.807, 2.05) is 5.51 Å². The van der Waals surface area contributed by atoms with E-state index in [1.54, 1.807) is 11.3 Å². The quantitative estimate of drug-likeness (QED) is 0.666. The number of rotatable bonds is 8. The van der Waals surface area contributed by atoms with Crippen LogP contribution in [0.3, 0.4) is 0 Å². The maximum Gasteiger partial charge on any atom is 0.0794 e. The van der Waals surface area contributed by atoms with Gasteiger partial charge in [0.15, 0.2) is 0 Å². The highest BCUT2D eigenvalue weighted by molar-refractivity contribution is 7.07. The number of unbranched alkanes of at least 4 members (excludes halogenated alkanes) is 1. The van der Waals surface area contributed by atoms with Crippen LogP contribution in [-0.4, -0.2) is 24.1 Å². The van der Waals surface area contributed by atoms with E-state index in [2.05, 4.69) is 22.6 Å². The molecule has 4 heteroatoms. The maximum absolute atomic E-state index is 5.94. The van der Waals surface area contributed by atoms with Gasteiger partial charge < -0.3 is 11.1 Å². The monoisotopic (exact) mass is 227 g/mol. The Morgan fingerprint density at radius 3 is 3.13 bits per heavy atom. The van der Waals surface area contributed by atoms with Crippen LogP contribution < -0.4 is 11.1 Å². The van der Waals surface area contributed by atoms with Crippen molar-refractivity contribution in [3.63, 3.8) is 0 Å². The second kappa shape index (κ2) is 7.79. The highest BCUT2D eigenvalue weighted by Gasteiger charge is 2.01. The second-order valence-corrected chi connectivity index (χ2v) is 4.55. The Morgan fingerprint density at radius 1 is 1.60 bits per heavy atom. The topological polar surface area (TPSA) is 50.9 Å². The van der Waals surface area contributed by atoms with Gasteiger partial charge in [0.05, 0.1) is 11.2 Å². The van der Waals surface area contributed by atoms with Gasteiger partial charge in [-0.2, -0.15) is 0 Å². The highest BCUT2D eigenvalue weighted by Crippen LogP contribution is 2.01. The minimum Gasteiger partial charge on any atom is -0.327 e. The molecule has 0 saturated heterocycles. The minimum atomic E-state index is 0.306. The summed E-state index contributed by atoms with van der Waals surface area (Å²) in [6.07, 6.45) is 4.59. The molecule has 1 unspecified atom stereocenters. The molecule has 0 aliphatic carbocycles. The zero-order chi connectivity index (χ0) is 10.9. The predicted octanol–water partition coefficient (Wildman–Crippen LogP) is 1.79. The van der Waals surface area contributed by atoms with Crippen LogP contribution in [0.5, 0.6) is 0 Å². The van der Waals surface area contributed by atoms with E-state index < -0.39 is 0 Å². The summed E-state index contributed by atoms with van der Waals surface area (Å²) < 4.78 is 0. The minimum absolute atomic E-state index is 0.306. The molecule has 1 heterocycles. The van der Waals surface area contributed by atoms with Crippen LogP contribution in [0.1, 0.15) is 31.9 Å². The summed E-state index contributed by atoms with van der Waals surface area (Å²) in [6, 6.07) is 0.306. The molecular weight excluding hydrogens is 206 g/mol. The Labute approximate surface area is 96.1 Å². The molecule has 1 atom stereocenters. The van der Waals surface area contributed by atoms with Crippen molar-refractivity contribution in [2.45, 2.75) is 38.6 Å². The molecule has 1 aromatic rings. The lowest BCUT2D eigenvalue weighted by Gasteiger charge is -2.11.